The largest absolute Gasteiger partial charge is 0.462 e. The van der Waals surface area contributed by atoms with Gasteiger partial charge in [-0.3, -0.25) is 14.4 Å². The highest BCUT2D eigenvalue weighted by Crippen LogP contribution is 2.19. The van der Waals surface area contributed by atoms with Crippen molar-refractivity contribution in [2.45, 2.75) is 187 Å². The van der Waals surface area contributed by atoms with Crippen LogP contribution in [0.3, 0.4) is 0 Å². The Kier molecular flexibility index (Phi) is 36.4. The molecular weight excluding hydrogens is 635 g/mol. The molecule has 0 spiro atoms. The lowest BCUT2D eigenvalue weighted by molar-refractivity contribution is -0.150. The first-order valence-electron chi connectivity index (χ1n) is 19.8. The summed E-state index contributed by atoms with van der Waals surface area (Å²) >= 11 is 2.98. The molecule has 0 N–H and O–H groups in total. The molecule has 0 bridgehead atoms. The van der Waals surface area contributed by atoms with Gasteiger partial charge in [-0.25, -0.2) is 0 Å². The van der Waals surface area contributed by atoms with E-state index in [2.05, 4.69) is 43.1 Å². The van der Waals surface area contributed by atoms with Gasteiger partial charge >= 0.3 is 5.97 Å². The first-order valence-corrected chi connectivity index (χ1v) is 21.8. The monoisotopic (exact) mass is 710 g/mol. The van der Waals surface area contributed by atoms with Gasteiger partial charge in [-0.15, -0.1) is 0 Å². The van der Waals surface area contributed by atoms with Crippen molar-refractivity contribution in [3.8, 4) is 0 Å². The van der Waals surface area contributed by atoms with Crippen LogP contribution in [-0.4, -0.2) is 59.3 Å². The van der Waals surface area contributed by atoms with Crippen molar-refractivity contribution in [1.29, 1.82) is 0 Å². The van der Waals surface area contributed by atoms with Gasteiger partial charge < -0.3 is 9.64 Å². The zero-order valence-corrected chi connectivity index (χ0v) is 33.4. The van der Waals surface area contributed by atoms with Gasteiger partial charge in [0.15, 0.2) is 10.2 Å². The number of esters is 1. The van der Waals surface area contributed by atoms with Gasteiger partial charge in [0.2, 0.25) is 0 Å². The van der Waals surface area contributed by atoms with Crippen LogP contribution in [0.5, 0.6) is 0 Å². The summed E-state index contributed by atoms with van der Waals surface area (Å²) in [5.74, 6) is 1.73. The van der Waals surface area contributed by atoms with Crippen LogP contribution in [-0.2, 0) is 19.1 Å². The molecule has 0 atom stereocenters. The van der Waals surface area contributed by atoms with Crippen LogP contribution < -0.4 is 0 Å². The first kappa shape index (κ1) is 47.0. The molecule has 7 heteroatoms. The quantitative estimate of drug-likeness (QED) is 0.0369. The van der Waals surface area contributed by atoms with Crippen LogP contribution in [0.2, 0.25) is 0 Å². The molecule has 0 aromatic rings. The second kappa shape index (κ2) is 37.2. The lowest BCUT2D eigenvalue weighted by Gasteiger charge is -2.18. The number of hydrogen-bond donors (Lipinski definition) is 0. The van der Waals surface area contributed by atoms with Gasteiger partial charge in [-0.1, -0.05) is 126 Å². The van der Waals surface area contributed by atoms with Crippen molar-refractivity contribution in [2.24, 2.45) is 0 Å². The predicted molar refractivity (Wildman–Crippen MR) is 213 cm³/mol. The highest BCUT2D eigenvalue weighted by molar-refractivity contribution is 8.13. The lowest BCUT2D eigenvalue weighted by atomic mass is 10.0. The van der Waals surface area contributed by atoms with Crippen LogP contribution >= 0.6 is 23.5 Å². The molecule has 0 unspecified atom stereocenters. The van der Waals surface area contributed by atoms with Crippen molar-refractivity contribution in [3.63, 3.8) is 0 Å². The Bertz CT molecular complexity index is 762. The third-order valence-electron chi connectivity index (χ3n) is 8.48. The molecule has 0 aromatic heterocycles. The molecule has 0 heterocycles. The Morgan fingerprint density at radius 3 is 1.44 bits per heavy atom. The summed E-state index contributed by atoms with van der Waals surface area (Å²) in [4.78, 5) is 39.0. The maximum Gasteiger partial charge on any atom is 0.306 e. The lowest BCUT2D eigenvalue weighted by Crippen LogP contribution is -2.20. The molecule has 280 valence electrons. The zero-order chi connectivity index (χ0) is 35.3. The average molecular weight is 710 g/mol. The van der Waals surface area contributed by atoms with E-state index in [1.165, 1.54) is 62.0 Å². The van der Waals surface area contributed by atoms with Gasteiger partial charge in [0, 0.05) is 30.8 Å². The first-order chi connectivity index (χ1) is 23.4. The molecule has 0 rings (SSSR count). The smallest absolute Gasteiger partial charge is 0.306 e. The number of thioether (sulfide) groups is 2. The summed E-state index contributed by atoms with van der Waals surface area (Å²) in [7, 11) is 4.06. The van der Waals surface area contributed by atoms with Crippen molar-refractivity contribution in [3.05, 3.63) is 24.3 Å². The maximum atomic E-state index is 12.5. The zero-order valence-electron chi connectivity index (χ0n) is 31.8. The van der Waals surface area contributed by atoms with Crippen molar-refractivity contribution in [2.75, 3.05) is 32.1 Å². The van der Waals surface area contributed by atoms with E-state index in [4.69, 9.17) is 4.74 Å². The van der Waals surface area contributed by atoms with E-state index in [-0.39, 0.29) is 12.1 Å². The van der Waals surface area contributed by atoms with Gasteiger partial charge in [-0.2, -0.15) is 0 Å². The topological polar surface area (TPSA) is 63.7 Å². The second-order valence-corrected chi connectivity index (χ2v) is 15.9. The number of unbranched alkanes of at least 4 members (excludes halogenated alkanes) is 14. The van der Waals surface area contributed by atoms with E-state index in [0.717, 1.165) is 127 Å². The highest BCUT2D eigenvalue weighted by atomic mass is 32.2. The van der Waals surface area contributed by atoms with Crippen LogP contribution in [0.25, 0.3) is 0 Å². The normalized spacial score (nSPS) is 12.4. The molecule has 48 heavy (non-hydrogen) atoms. The molecule has 0 fully saturated rings. The van der Waals surface area contributed by atoms with Gasteiger partial charge in [0.05, 0.1) is 0 Å². The fourth-order valence-corrected chi connectivity index (χ4v) is 7.05. The summed E-state index contributed by atoms with van der Waals surface area (Å²) in [5.41, 5.74) is 0. The molecule has 0 aromatic carbocycles. The average Bonchev–Trinajstić information content (AvgIpc) is 3.05. The summed E-state index contributed by atoms with van der Waals surface area (Å²) < 4.78 is 5.95. The molecule has 0 radical (unpaired) electrons. The van der Waals surface area contributed by atoms with Crippen LogP contribution in [0, 0.1) is 0 Å². The molecule has 0 saturated heterocycles. The number of allylic oxidation sites excluding steroid dienone is 4. The predicted octanol–water partition coefficient (Wildman–Crippen LogP) is 12.3. The van der Waals surface area contributed by atoms with Crippen LogP contribution in [0.15, 0.2) is 24.3 Å². The van der Waals surface area contributed by atoms with Crippen LogP contribution in [0.4, 0.5) is 0 Å². The number of hydrogen-bond acceptors (Lipinski definition) is 7. The molecule has 0 aliphatic carbocycles. The Hall–Kier alpha value is -1.05. The minimum Gasteiger partial charge on any atom is -0.462 e. The Morgan fingerprint density at radius 2 is 0.979 bits per heavy atom. The SMILES string of the molecule is CCCCCC=CCCSC(=O)CCCCCCCC(CCCCCCCC(=O)SCCC=CCCCCC)OC(=O)CCCN(C)C. The number of ether oxygens (including phenoxy) is 1. The molecule has 5 nitrogen and oxygen atoms in total. The van der Waals surface area contributed by atoms with E-state index < -0.39 is 0 Å². The fraction of sp³-hybridized carbons (Fsp3) is 0.829. The maximum absolute atomic E-state index is 12.5. The summed E-state index contributed by atoms with van der Waals surface area (Å²) in [6.45, 7) is 5.35. The highest BCUT2D eigenvalue weighted by Gasteiger charge is 2.14. The Labute approximate surface area is 306 Å². The molecule has 0 aliphatic heterocycles. The number of carbonyl (C=O) groups is 3. The summed E-state index contributed by atoms with van der Waals surface area (Å²) in [6.07, 6.45) is 36.3. The van der Waals surface area contributed by atoms with Gasteiger partial charge in [0.25, 0.3) is 0 Å². The van der Waals surface area contributed by atoms with Crippen molar-refractivity contribution < 1.29 is 19.1 Å². The van der Waals surface area contributed by atoms with Crippen molar-refractivity contribution in [1.82, 2.24) is 4.90 Å². The standard InChI is InChI=1S/C41H75NO4S2/c1-5-7-9-11-13-21-27-36-47-40(44)33-25-19-15-17-23-30-38(46-39(43)32-29-35-42(3)4)31-24-18-16-20-26-34-41(45)48-37-28-22-14-12-10-8-6-2/h13-14,21-22,38H,5-12,15-20,23-37H2,1-4H3. The van der Waals surface area contributed by atoms with E-state index in [1.807, 2.05) is 14.1 Å². The Balaban J connectivity index is 4.10. The fourth-order valence-electron chi connectivity index (χ4n) is 5.51. The van der Waals surface area contributed by atoms with Gasteiger partial charge in [0.1, 0.15) is 6.10 Å². The summed E-state index contributed by atoms with van der Waals surface area (Å²) in [6, 6.07) is 0. The molecule has 0 amide bonds. The molecule has 0 aliphatic rings. The molecular formula is C41H75NO4S2. The van der Waals surface area contributed by atoms with Crippen LogP contribution in [0.1, 0.15) is 181 Å². The third-order valence-corrected chi connectivity index (χ3v) is 10.4. The van der Waals surface area contributed by atoms with E-state index in [0.29, 0.717) is 29.5 Å². The minimum atomic E-state index is -0.0622. The van der Waals surface area contributed by atoms with Gasteiger partial charge in [-0.05, 0) is 104 Å². The Morgan fingerprint density at radius 1 is 0.542 bits per heavy atom. The van der Waals surface area contributed by atoms with E-state index >= 15 is 0 Å². The number of nitrogens with zero attached hydrogens (tertiary/aromatic N) is 1. The summed E-state index contributed by atoms with van der Waals surface area (Å²) in [5, 5.41) is 0.662. The number of carbonyl (C=O) groups excluding carboxylic acids is 3. The number of rotatable bonds is 35. The third kappa shape index (κ3) is 36.2. The van der Waals surface area contributed by atoms with Crippen molar-refractivity contribution >= 4 is 39.7 Å². The van der Waals surface area contributed by atoms with E-state index in [1.54, 1.807) is 0 Å². The minimum absolute atomic E-state index is 0.00852. The second-order valence-electron chi connectivity index (χ2n) is 13.6. The van der Waals surface area contributed by atoms with E-state index in [9.17, 15) is 14.4 Å². The molecule has 0 saturated carbocycles.